The molecule has 2 rings (SSSR count). The Kier molecular flexibility index (Phi) is 7.90. The molecule has 0 aliphatic rings. The minimum Gasteiger partial charge on any atom is -0.465 e. The molecule has 29 heavy (non-hydrogen) atoms. The Morgan fingerprint density at radius 3 is 2.59 bits per heavy atom. The van der Waals surface area contributed by atoms with Crippen molar-refractivity contribution >= 4 is 23.8 Å². The minimum atomic E-state index is -0.635. The molecule has 152 valence electrons. The summed E-state index contributed by atoms with van der Waals surface area (Å²) in [5, 5.41) is 13.8. The molecular formula is C21H22N2O6. The summed E-state index contributed by atoms with van der Waals surface area (Å²) in [6, 6.07) is 12.3. The van der Waals surface area contributed by atoms with Crippen LogP contribution in [-0.4, -0.2) is 30.6 Å². The molecule has 0 aliphatic carbocycles. The van der Waals surface area contributed by atoms with Crippen molar-refractivity contribution in [3.05, 3.63) is 80.9 Å². The summed E-state index contributed by atoms with van der Waals surface area (Å²) < 4.78 is 9.79. The number of carbonyl (C=O) groups excluding carboxylic acids is 2. The van der Waals surface area contributed by atoms with Gasteiger partial charge in [0, 0.05) is 18.2 Å². The fourth-order valence-corrected chi connectivity index (χ4v) is 2.58. The van der Waals surface area contributed by atoms with Crippen LogP contribution in [0.5, 0.6) is 0 Å². The van der Waals surface area contributed by atoms with Gasteiger partial charge in [0.25, 0.3) is 5.69 Å². The number of esters is 1. The molecule has 0 bridgehead atoms. The summed E-state index contributed by atoms with van der Waals surface area (Å²) in [5.41, 5.74) is 1.63. The van der Waals surface area contributed by atoms with Gasteiger partial charge in [0.1, 0.15) is 6.61 Å². The number of carbonyl (C=O) groups is 2. The molecule has 8 nitrogen and oxygen atoms in total. The lowest BCUT2D eigenvalue weighted by Gasteiger charge is -2.07. The van der Waals surface area contributed by atoms with Gasteiger partial charge < -0.3 is 14.8 Å². The molecule has 1 N–H and O–H groups in total. The van der Waals surface area contributed by atoms with Crippen LogP contribution in [0.25, 0.3) is 6.08 Å². The van der Waals surface area contributed by atoms with Gasteiger partial charge in [-0.2, -0.15) is 0 Å². The first-order valence-corrected chi connectivity index (χ1v) is 8.90. The maximum atomic E-state index is 11.8. The number of amides is 1. The van der Waals surface area contributed by atoms with Gasteiger partial charge in [0.05, 0.1) is 17.6 Å². The van der Waals surface area contributed by atoms with Gasteiger partial charge in [-0.05, 0) is 30.5 Å². The quantitative estimate of drug-likeness (QED) is 0.311. The van der Waals surface area contributed by atoms with E-state index in [-0.39, 0.29) is 23.4 Å². The number of ether oxygens (including phenoxy) is 2. The largest absolute Gasteiger partial charge is 0.465 e. The van der Waals surface area contributed by atoms with Gasteiger partial charge in [-0.1, -0.05) is 42.5 Å². The zero-order valence-corrected chi connectivity index (χ0v) is 16.2. The molecule has 0 radical (unpaired) electrons. The van der Waals surface area contributed by atoms with Gasteiger partial charge in [0.2, 0.25) is 0 Å². The van der Waals surface area contributed by atoms with E-state index in [1.54, 1.807) is 12.2 Å². The third-order valence-electron chi connectivity index (χ3n) is 4.11. The second-order valence-electron chi connectivity index (χ2n) is 6.14. The summed E-state index contributed by atoms with van der Waals surface area (Å²) in [5.74, 6) is -0.635. The first-order valence-electron chi connectivity index (χ1n) is 8.90. The highest BCUT2D eigenvalue weighted by atomic mass is 16.6. The topological polar surface area (TPSA) is 108 Å². The fraction of sp³-hybridized carbons (Fsp3) is 0.238. The van der Waals surface area contributed by atoms with Crippen molar-refractivity contribution in [2.24, 2.45) is 0 Å². The zero-order valence-electron chi connectivity index (χ0n) is 16.2. The van der Waals surface area contributed by atoms with Crippen LogP contribution < -0.4 is 5.32 Å². The zero-order chi connectivity index (χ0) is 21.2. The Balaban J connectivity index is 1.89. The summed E-state index contributed by atoms with van der Waals surface area (Å²) in [4.78, 5) is 34.2. The Morgan fingerprint density at radius 1 is 1.21 bits per heavy atom. The van der Waals surface area contributed by atoms with Crippen LogP contribution in [0.1, 0.15) is 33.5 Å². The van der Waals surface area contributed by atoms with Crippen molar-refractivity contribution in [2.45, 2.75) is 20.0 Å². The SMILES string of the molecule is COC(=O)c1cc(C=CCCNC(=O)OCc2ccccc2)cc([N+](=O)[O-])c1C. The third kappa shape index (κ3) is 6.46. The van der Waals surface area contributed by atoms with E-state index < -0.39 is 17.0 Å². The van der Waals surface area contributed by atoms with Crippen molar-refractivity contribution in [3.63, 3.8) is 0 Å². The molecule has 0 aromatic heterocycles. The number of hydrogen-bond donors (Lipinski definition) is 1. The predicted octanol–water partition coefficient (Wildman–Crippen LogP) is 4.02. The van der Waals surface area contributed by atoms with E-state index in [1.807, 2.05) is 30.3 Å². The van der Waals surface area contributed by atoms with Crippen molar-refractivity contribution in [2.75, 3.05) is 13.7 Å². The average molecular weight is 398 g/mol. The molecule has 0 spiro atoms. The van der Waals surface area contributed by atoms with Crippen LogP contribution >= 0.6 is 0 Å². The number of nitro benzene ring substituents is 1. The minimum absolute atomic E-state index is 0.143. The van der Waals surface area contributed by atoms with Crippen molar-refractivity contribution in [1.29, 1.82) is 0 Å². The fourth-order valence-electron chi connectivity index (χ4n) is 2.58. The molecule has 0 saturated carbocycles. The second kappa shape index (κ2) is 10.6. The Labute approximate surface area is 168 Å². The summed E-state index contributed by atoms with van der Waals surface area (Å²) in [6.45, 7) is 2.02. The highest BCUT2D eigenvalue weighted by Gasteiger charge is 2.20. The molecule has 0 fully saturated rings. The van der Waals surface area contributed by atoms with Gasteiger partial charge in [0.15, 0.2) is 0 Å². The molecule has 8 heteroatoms. The predicted molar refractivity (Wildman–Crippen MR) is 107 cm³/mol. The summed E-state index contributed by atoms with van der Waals surface area (Å²) in [6.07, 6.45) is 3.35. The molecule has 0 saturated heterocycles. The molecular weight excluding hydrogens is 376 g/mol. The number of nitrogens with zero attached hydrogens (tertiary/aromatic N) is 1. The van der Waals surface area contributed by atoms with E-state index in [0.717, 1.165) is 5.56 Å². The first kappa shape index (κ1) is 21.6. The molecule has 2 aromatic carbocycles. The smallest absolute Gasteiger partial charge is 0.407 e. The number of hydrogen-bond acceptors (Lipinski definition) is 6. The van der Waals surface area contributed by atoms with Crippen LogP contribution in [0.2, 0.25) is 0 Å². The Morgan fingerprint density at radius 2 is 1.93 bits per heavy atom. The highest BCUT2D eigenvalue weighted by Crippen LogP contribution is 2.25. The van der Waals surface area contributed by atoms with E-state index in [2.05, 4.69) is 10.1 Å². The van der Waals surface area contributed by atoms with Crippen LogP contribution in [-0.2, 0) is 16.1 Å². The lowest BCUT2D eigenvalue weighted by atomic mass is 10.0. The molecule has 0 aliphatic heterocycles. The highest BCUT2D eigenvalue weighted by molar-refractivity contribution is 5.93. The molecule has 1 amide bonds. The van der Waals surface area contributed by atoms with Gasteiger partial charge >= 0.3 is 12.1 Å². The summed E-state index contributed by atoms with van der Waals surface area (Å²) >= 11 is 0. The van der Waals surface area contributed by atoms with Crippen LogP contribution in [0.3, 0.4) is 0 Å². The van der Waals surface area contributed by atoms with Gasteiger partial charge in [-0.3, -0.25) is 10.1 Å². The van der Waals surface area contributed by atoms with E-state index in [0.29, 0.717) is 18.5 Å². The van der Waals surface area contributed by atoms with Crippen molar-refractivity contribution in [3.8, 4) is 0 Å². The van der Waals surface area contributed by atoms with Crippen LogP contribution in [0.15, 0.2) is 48.5 Å². The number of nitrogens with one attached hydrogen (secondary N) is 1. The maximum absolute atomic E-state index is 11.8. The lowest BCUT2D eigenvalue weighted by Crippen LogP contribution is -2.24. The monoisotopic (exact) mass is 398 g/mol. The van der Waals surface area contributed by atoms with E-state index in [9.17, 15) is 19.7 Å². The van der Waals surface area contributed by atoms with Crippen molar-refractivity contribution < 1.29 is 24.0 Å². The Bertz CT molecular complexity index is 909. The standard InChI is InChI=1S/C21H22N2O6/c1-15-18(20(24)28-2)12-17(13-19(15)23(26)27)10-6-7-11-22-21(25)29-14-16-8-4-3-5-9-16/h3-6,8-10,12-13H,7,11,14H2,1-2H3,(H,22,25). The summed E-state index contributed by atoms with van der Waals surface area (Å²) in [7, 11) is 1.22. The van der Waals surface area contributed by atoms with E-state index >= 15 is 0 Å². The van der Waals surface area contributed by atoms with Crippen molar-refractivity contribution in [1.82, 2.24) is 5.32 Å². The van der Waals surface area contributed by atoms with Gasteiger partial charge in [-0.25, -0.2) is 9.59 Å². The third-order valence-corrected chi connectivity index (χ3v) is 4.11. The number of rotatable bonds is 8. The Hall–Kier alpha value is -3.68. The molecule has 0 unspecified atom stereocenters. The normalized spacial score (nSPS) is 10.6. The first-order chi connectivity index (χ1) is 13.9. The van der Waals surface area contributed by atoms with Crippen LogP contribution in [0, 0.1) is 17.0 Å². The lowest BCUT2D eigenvalue weighted by molar-refractivity contribution is -0.385. The number of nitro groups is 1. The average Bonchev–Trinajstić information content (AvgIpc) is 2.72. The second-order valence-corrected chi connectivity index (χ2v) is 6.14. The maximum Gasteiger partial charge on any atom is 0.407 e. The van der Waals surface area contributed by atoms with E-state index in [1.165, 1.54) is 26.2 Å². The molecule has 0 atom stereocenters. The van der Waals surface area contributed by atoms with Gasteiger partial charge in [-0.15, -0.1) is 0 Å². The number of alkyl carbamates (subject to hydrolysis) is 1. The van der Waals surface area contributed by atoms with Crippen LogP contribution in [0.4, 0.5) is 10.5 Å². The molecule has 2 aromatic rings. The van der Waals surface area contributed by atoms with E-state index in [4.69, 9.17) is 4.74 Å². The molecule has 0 heterocycles. The number of methoxy groups -OCH3 is 1. The number of benzene rings is 2.